The van der Waals surface area contributed by atoms with E-state index in [1.54, 1.807) is 18.2 Å². The van der Waals surface area contributed by atoms with Crippen LogP contribution in [0.1, 0.15) is 0 Å². The van der Waals surface area contributed by atoms with E-state index in [2.05, 4.69) is 0 Å². The maximum atomic E-state index is 14.2. The molecule has 2 aromatic rings. The standard InChI is InChI=1S/C14H12ClFN2O2S/c15-12-8(17)6-9(18)14(13(12)16)21-7-1-2-10-11(5-7)20-4-3-19-10/h1-2,5-6H,3-4,17-18H2. The van der Waals surface area contributed by atoms with Crippen molar-refractivity contribution in [2.75, 3.05) is 24.7 Å². The fourth-order valence-corrected chi connectivity index (χ4v) is 3.07. The molecular formula is C14H12ClFN2O2S. The molecule has 1 aliphatic rings. The second-order valence-electron chi connectivity index (χ2n) is 4.42. The Morgan fingerprint density at radius 2 is 1.76 bits per heavy atom. The Labute approximate surface area is 130 Å². The second-order valence-corrected chi connectivity index (χ2v) is 5.88. The molecule has 110 valence electrons. The van der Waals surface area contributed by atoms with E-state index in [1.165, 1.54) is 6.07 Å². The van der Waals surface area contributed by atoms with E-state index < -0.39 is 5.82 Å². The molecule has 0 spiro atoms. The summed E-state index contributed by atoms with van der Waals surface area (Å²) >= 11 is 6.98. The van der Waals surface area contributed by atoms with Crippen molar-refractivity contribution in [3.63, 3.8) is 0 Å². The molecule has 1 heterocycles. The van der Waals surface area contributed by atoms with Crippen LogP contribution >= 0.6 is 23.4 Å². The second kappa shape index (κ2) is 5.54. The number of hydrogen-bond donors (Lipinski definition) is 2. The lowest BCUT2D eigenvalue weighted by molar-refractivity contribution is 0.171. The summed E-state index contributed by atoms with van der Waals surface area (Å²) in [6, 6.07) is 6.82. The molecule has 4 nitrogen and oxygen atoms in total. The first-order valence-corrected chi connectivity index (χ1v) is 7.36. The zero-order valence-electron chi connectivity index (χ0n) is 10.9. The summed E-state index contributed by atoms with van der Waals surface area (Å²) < 4.78 is 25.1. The van der Waals surface area contributed by atoms with Gasteiger partial charge in [-0.3, -0.25) is 0 Å². The van der Waals surface area contributed by atoms with Crippen molar-refractivity contribution in [3.8, 4) is 11.5 Å². The van der Waals surface area contributed by atoms with E-state index in [1.807, 2.05) is 0 Å². The van der Waals surface area contributed by atoms with Gasteiger partial charge in [0.25, 0.3) is 0 Å². The number of ether oxygens (including phenoxy) is 2. The molecule has 0 fully saturated rings. The van der Waals surface area contributed by atoms with Crippen molar-refractivity contribution < 1.29 is 13.9 Å². The van der Waals surface area contributed by atoms with Gasteiger partial charge in [-0.1, -0.05) is 23.4 Å². The van der Waals surface area contributed by atoms with Crippen LogP contribution in [-0.4, -0.2) is 13.2 Å². The average molecular weight is 327 g/mol. The van der Waals surface area contributed by atoms with Crippen LogP contribution in [0.4, 0.5) is 15.8 Å². The predicted octanol–water partition coefficient (Wildman–Crippen LogP) is 3.57. The Kier molecular flexibility index (Phi) is 3.73. The molecule has 0 saturated carbocycles. The first-order valence-electron chi connectivity index (χ1n) is 6.16. The minimum atomic E-state index is -0.617. The largest absolute Gasteiger partial charge is 0.486 e. The van der Waals surface area contributed by atoms with Crippen LogP contribution in [0.15, 0.2) is 34.1 Å². The molecule has 0 radical (unpaired) electrons. The topological polar surface area (TPSA) is 70.5 Å². The summed E-state index contributed by atoms with van der Waals surface area (Å²) in [5.74, 6) is 0.690. The highest BCUT2D eigenvalue weighted by molar-refractivity contribution is 7.99. The van der Waals surface area contributed by atoms with Crippen LogP contribution in [0.2, 0.25) is 5.02 Å². The number of rotatable bonds is 2. The molecule has 3 rings (SSSR count). The van der Waals surface area contributed by atoms with Crippen molar-refractivity contribution in [2.24, 2.45) is 0 Å². The third kappa shape index (κ3) is 2.69. The Balaban J connectivity index is 1.96. The van der Waals surface area contributed by atoms with Gasteiger partial charge in [0.1, 0.15) is 18.2 Å². The van der Waals surface area contributed by atoms with Gasteiger partial charge >= 0.3 is 0 Å². The molecule has 4 N–H and O–H groups in total. The van der Waals surface area contributed by atoms with Gasteiger partial charge < -0.3 is 20.9 Å². The number of hydrogen-bond acceptors (Lipinski definition) is 5. The summed E-state index contributed by atoms with van der Waals surface area (Å²) in [6.07, 6.45) is 0. The summed E-state index contributed by atoms with van der Waals surface area (Å²) in [5, 5.41) is -0.121. The summed E-state index contributed by atoms with van der Waals surface area (Å²) in [7, 11) is 0. The van der Waals surface area contributed by atoms with E-state index in [4.69, 9.17) is 32.5 Å². The molecule has 21 heavy (non-hydrogen) atoms. The van der Waals surface area contributed by atoms with Crippen LogP contribution in [-0.2, 0) is 0 Å². The van der Waals surface area contributed by atoms with Crippen LogP contribution in [0.5, 0.6) is 11.5 Å². The molecule has 7 heteroatoms. The fourth-order valence-electron chi connectivity index (χ4n) is 1.96. The van der Waals surface area contributed by atoms with E-state index >= 15 is 0 Å². The molecule has 0 atom stereocenters. The average Bonchev–Trinajstić information content (AvgIpc) is 2.49. The highest BCUT2D eigenvalue weighted by Crippen LogP contribution is 2.42. The van der Waals surface area contributed by atoms with Gasteiger partial charge in [0, 0.05) is 4.90 Å². The highest BCUT2D eigenvalue weighted by Gasteiger charge is 2.17. The molecule has 0 amide bonds. The zero-order valence-corrected chi connectivity index (χ0v) is 12.4. The number of nitrogen functional groups attached to an aromatic ring is 2. The highest BCUT2D eigenvalue weighted by atomic mass is 35.5. The zero-order chi connectivity index (χ0) is 15.0. The van der Waals surface area contributed by atoms with Crippen molar-refractivity contribution in [1.29, 1.82) is 0 Å². The minimum Gasteiger partial charge on any atom is -0.486 e. The van der Waals surface area contributed by atoms with Crippen molar-refractivity contribution in [2.45, 2.75) is 9.79 Å². The smallest absolute Gasteiger partial charge is 0.162 e. The summed E-state index contributed by atoms with van der Waals surface area (Å²) in [6.45, 7) is 1.01. The van der Waals surface area contributed by atoms with Gasteiger partial charge in [-0.25, -0.2) is 4.39 Å². The molecular weight excluding hydrogens is 315 g/mol. The molecule has 0 aromatic heterocycles. The fraction of sp³-hybridized carbons (Fsp3) is 0.143. The number of nitrogens with two attached hydrogens (primary N) is 2. The number of fused-ring (bicyclic) bond motifs is 1. The molecule has 0 bridgehead atoms. The lowest BCUT2D eigenvalue weighted by Gasteiger charge is -2.19. The van der Waals surface area contributed by atoms with E-state index in [9.17, 15) is 4.39 Å². The Morgan fingerprint density at radius 3 is 2.52 bits per heavy atom. The third-order valence-corrected chi connectivity index (χ3v) is 4.45. The third-order valence-electron chi connectivity index (χ3n) is 2.95. The molecule has 2 aromatic carbocycles. The van der Waals surface area contributed by atoms with Crippen LogP contribution < -0.4 is 20.9 Å². The van der Waals surface area contributed by atoms with Gasteiger partial charge in [0.2, 0.25) is 0 Å². The maximum absolute atomic E-state index is 14.2. The monoisotopic (exact) mass is 326 g/mol. The van der Waals surface area contributed by atoms with Gasteiger partial charge in [0.15, 0.2) is 17.3 Å². The van der Waals surface area contributed by atoms with Crippen LogP contribution in [0.3, 0.4) is 0 Å². The lowest BCUT2D eigenvalue weighted by Crippen LogP contribution is -2.15. The quantitative estimate of drug-likeness (QED) is 0.826. The number of benzene rings is 2. The van der Waals surface area contributed by atoms with Crippen LogP contribution in [0, 0.1) is 5.82 Å². The van der Waals surface area contributed by atoms with Gasteiger partial charge in [-0.05, 0) is 24.3 Å². The molecule has 0 aliphatic carbocycles. The molecule has 0 unspecified atom stereocenters. The summed E-state index contributed by atoms with van der Waals surface area (Å²) in [5.41, 5.74) is 11.8. The predicted molar refractivity (Wildman–Crippen MR) is 81.8 cm³/mol. The maximum Gasteiger partial charge on any atom is 0.162 e. The lowest BCUT2D eigenvalue weighted by atomic mass is 10.3. The van der Waals surface area contributed by atoms with E-state index in [-0.39, 0.29) is 21.3 Å². The minimum absolute atomic E-state index is 0.121. The van der Waals surface area contributed by atoms with E-state index in [0.29, 0.717) is 24.7 Å². The number of halogens is 2. The SMILES string of the molecule is Nc1cc(N)c(Sc2ccc3c(c2)OCCO3)c(F)c1Cl. The molecule has 1 aliphatic heterocycles. The van der Waals surface area contributed by atoms with Crippen molar-refractivity contribution >= 4 is 34.7 Å². The normalized spacial score (nSPS) is 13.2. The Hall–Kier alpha value is -1.79. The van der Waals surface area contributed by atoms with Crippen molar-refractivity contribution in [3.05, 3.63) is 35.1 Å². The first-order chi connectivity index (χ1) is 10.1. The van der Waals surface area contributed by atoms with Crippen LogP contribution in [0.25, 0.3) is 0 Å². The van der Waals surface area contributed by atoms with Crippen molar-refractivity contribution in [1.82, 2.24) is 0 Å². The van der Waals surface area contributed by atoms with Gasteiger partial charge in [-0.15, -0.1) is 0 Å². The molecule has 0 saturated heterocycles. The van der Waals surface area contributed by atoms with E-state index in [0.717, 1.165) is 16.7 Å². The van der Waals surface area contributed by atoms with Gasteiger partial charge in [0.05, 0.1) is 16.3 Å². The Bertz CT molecular complexity index is 712. The van der Waals surface area contributed by atoms with Gasteiger partial charge in [-0.2, -0.15) is 0 Å². The number of anilines is 2. The first kappa shape index (κ1) is 14.2. The Morgan fingerprint density at radius 1 is 1.05 bits per heavy atom. The summed E-state index contributed by atoms with van der Waals surface area (Å²) in [4.78, 5) is 1.01.